The number of esters is 2. The Morgan fingerprint density at radius 2 is 1.68 bits per heavy atom. The molecule has 1 aliphatic rings. The van der Waals surface area contributed by atoms with Gasteiger partial charge in [0.05, 0.1) is 12.0 Å². The van der Waals surface area contributed by atoms with Gasteiger partial charge in [0.25, 0.3) is 0 Å². The molecule has 1 unspecified atom stereocenters. The number of aliphatic hydroxyl groups excluding tert-OH is 1. The van der Waals surface area contributed by atoms with E-state index in [9.17, 15) is 14.7 Å². The highest BCUT2D eigenvalue weighted by Gasteiger charge is 2.45. The fourth-order valence-corrected chi connectivity index (χ4v) is 3.48. The van der Waals surface area contributed by atoms with Crippen molar-refractivity contribution in [2.75, 3.05) is 13.2 Å². The summed E-state index contributed by atoms with van der Waals surface area (Å²) in [5, 5.41) is 9.74. The van der Waals surface area contributed by atoms with Crippen molar-refractivity contribution < 1.29 is 24.2 Å². The van der Waals surface area contributed by atoms with Gasteiger partial charge in [-0.2, -0.15) is 0 Å². The molecule has 0 aromatic rings. The number of carbonyl (C=O) groups excluding carboxylic acids is 2. The first kappa shape index (κ1) is 24.7. The minimum absolute atomic E-state index is 0.105. The van der Waals surface area contributed by atoms with Crippen LogP contribution in [0, 0.1) is 5.41 Å². The van der Waals surface area contributed by atoms with Crippen molar-refractivity contribution in [2.24, 2.45) is 5.41 Å². The van der Waals surface area contributed by atoms with Gasteiger partial charge in [0.2, 0.25) is 0 Å². The predicted molar refractivity (Wildman–Crippen MR) is 111 cm³/mol. The van der Waals surface area contributed by atoms with Gasteiger partial charge in [-0.05, 0) is 34.1 Å². The normalized spacial score (nSPS) is 19.6. The topological polar surface area (TPSA) is 72.8 Å². The lowest BCUT2D eigenvalue weighted by Crippen LogP contribution is -2.41. The number of ether oxygens (including phenoxy) is 2. The molecule has 1 saturated heterocycles. The van der Waals surface area contributed by atoms with Crippen LogP contribution in [0.1, 0.15) is 98.8 Å². The smallest absolute Gasteiger partial charge is 0.334 e. The van der Waals surface area contributed by atoms with Crippen molar-refractivity contribution in [3.05, 3.63) is 11.1 Å². The van der Waals surface area contributed by atoms with E-state index in [0.717, 1.165) is 24.8 Å². The highest BCUT2D eigenvalue weighted by Crippen LogP contribution is 2.34. The summed E-state index contributed by atoms with van der Waals surface area (Å²) in [6, 6.07) is 0. The molecule has 1 heterocycles. The summed E-state index contributed by atoms with van der Waals surface area (Å²) >= 11 is 0. The van der Waals surface area contributed by atoms with Crippen LogP contribution in [0.5, 0.6) is 0 Å². The molecule has 0 radical (unpaired) electrons. The first-order valence-electron chi connectivity index (χ1n) is 10.9. The number of cyclic esters (lactones) is 1. The summed E-state index contributed by atoms with van der Waals surface area (Å²) in [6.45, 7) is 9.22. The monoisotopic (exact) mass is 396 g/mol. The minimum atomic E-state index is -1.14. The van der Waals surface area contributed by atoms with Crippen LogP contribution in [0.3, 0.4) is 0 Å². The van der Waals surface area contributed by atoms with Crippen molar-refractivity contribution in [3.63, 3.8) is 0 Å². The van der Waals surface area contributed by atoms with E-state index >= 15 is 0 Å². The van der Waals surface area contributed by atoms with Crippen molar-refractivity contribution in [3.8, 4) is 0 Å². The van der Waals surface area contributed by atoms with Crippen LogP contribution in [0.15, 0.2) is 11.1 Å². The van der Waals surface area contributed by atoms with Gasteiger partial charge >= 0.3 is 11.9 Å². The first-order valence-corrected chi connectivity index (χ1v) is 10.9. The van der Waals surface area contributed by atoms with E-state index in [1.807, 2.05) is 27.7 Å². The molecule has 0 aromatic carbocycles. The summed E-state index contributed by atoms with van der Waals surface area (Å²) in [4.78, 5) is 24.5. The zero-order valence-electron chi connectivity index (χ0n) is 18.6. The van der Waals surface area contributed by atoms with Crippen LogP contribution >= 0.6 is 0 Å². The van der Waals surface area contributed by atoms with E-state index in [4.69, 9.17) is 9.47 Å². The van der Waals surface area contributed by atoms with Gasteiger partial charge in [0, 0.05) is 12.0 Å². The molecule has 5 heteroatoms. The number of unbranched alkanes of at least 4 members (excludes halogenated alkanes) is 7. The molecule has 1 fully saturated rings. The maximum Gasteiger partial charge on any atom is 0.334 e. The summed E-state index contributed by atoms with van der Waals surface area (Å²) < 4.78 is 10.8. The molecule has 0 aliphatic carbocycles. The number of carbonyl (C=O) groups is 2. The van der Waals surface area contributed by atoms with Gasteiger partial charge in [-0.25, -0.2) is 4.79 Å². The maximum atomic E-state index is 12.6. The molecular weight excluding hydrogens is 356 g/mol. The molecule has 1 atom stereocenters. The molecule has 28 heavy (non-hydrogen) atoms. The van der Waals surface area contributed by atoms with Gasteiger partial charge in [-0.1, -0.05) is 63.9 Å². The number of hydrogen-bond acceptors (Lipinski definition) is 5. The predicted octanol–water partition coefficient (Wildman–Crippen LogP) is 5.10. The zero-order valence-corrected chi connectivity index (χ0v) is 18.6. The average Bonchev–Trinajstić information content (AvgIpc) is 2.99. The van der Waals surface area contributed by atoms with Gasteiger partial charge in [0.1, 0.15) is 6.61 Å². The third-order valence-corrected chi connectivity index (χ3v) is 5.62. The molecule has 162 valence electrons. The van der Waals surface area contributed by atoms with E-state index < -0.39 is 17.0 Å². The minimum Gasteiger partial charge on any atom is -0.461 e. The van der Waals surface area contributed by atoms with E-state index in [1.54, 1.807) is 0 Å². The molecule has 0 saturated carbocycles. The lowest BCUT2D eigenvalue weighted by atomic mass is 9.86. The Morgan fingerprint density at radius 3 is 2.18 bits per heavy atom. The van der Waals surface area contributed by atoms with Crippen LogP contribution in [0.2, 0.25) is 0 Å². The van der Waals surface area contributed by atoms with Crippen molar-refractivity contribution in [1.82, 2.24) is 0 Å². The zero-order chi connectivity index (χ0) is 21.2. The second-order valence-electron chi connectivity index (χ2n) is 9.07. The van der Waals surface area contributed by atoms with Crippen LogP contribution in [-0.4, -0.2) is 35.9 Å². The number of aliphatic hydroxyl groups is 1. The second kappa shape index (κ2) is 11.6. The molecule has 1 rings (SSSR count). The Balaban J connectivity index is 2.40. The number of rotatable bonds is 13. The molecule has 0 bridgehead atoms. The van der Waals surface area contributed by atoms with E-state index in [0.29, 0.717) is 5.57 Å². The molecule has 0 spiro atoms. The van der Waals surface area contributed by atoms with Crippen molar-refractivity contribution in [2.45, 2.75) is 104 Å². The molecule has 0 amide bonds. The van der Waals surface area contributed by atoms with Gasteiger partial charge in [-0.3, -0.25) is 4.79 Å². The largest absolute Gasteiger partial charge is 0.461 e. The quantitative estimate of drug-likeness (QED) is 0.266. The number of allylic oxidation sites excluding steroid dienone is 1. The van der Waals surface area contributed by atoms with E-state index in [2.05, 4.69) is 6.92 Å². The number of hydrogen-bond donors (Lipinski definition) is 1. The third kappa shape index (κ3) is 7.57. The first-order chi connectivity index (χ1) is 13.2. The Morgan fingerprint density at radius 1 is 1.11 bits per heavy atom. The average molecular weight is 397 g/mol. The summed E-state index contributed by atoms with van der Waals surface area (Å²) in [5.74, 6) is -0.728. The lowest BCUT2D eigenvalue weighted by Gasteiger charge is -2.28. The summed E-state index contributed by atoms with van der Waals surface area (Å²) in [5.41, 5.74) is -0.306. The summed E-state index contributed by atoms with van der Waals surface area (Å²) in [6.07, 6.45) is 10.9. The summed E-state index contributed by atoms with van der Waals surface area (Å²) in [7, 11) is 0. The van der Waals surface area contributed by atoms with Crippen LogP contribution < -0.4 is 0 Å². The lowest BCUT2D eigenvalue weighted by molar-refractivity contribution is -0.172. The van der Waals surface area contributed by atoms with Crippen LogP contribution in [-0.2, 0) is 19.1 Å². The molecule has 5 nitrogen and oxygen atoms in total. The Bertz CT molecular complexity index is 545. The fraction of sp³-hybridized carbons (Fsp3) is 0.826. The molecule has 1 N–H and O–H groups in total. The highest BCUT2D eigenvalue weighted by atomic mass is 16.6. The van der Waals surface area contributed by atoms with Crippen molar-refractivity contribution >= 4 is 11.9 Å². The van der Waals surface area contributed by atoms with Crippen LogP contribution in [0.25, 0.3) is 0 Å². The second-order valence-corrected chi connectivity index (χ2v) is 9.07. The van der Waals surface area contributed by atoms with Crippen LogP contribution in [0.4, 0.5) is 0 Å². The Labute approximate surface area is 170 Å². The molecule has 1 aliphatic heterocycles. The third-order valence-electron chi connectivity index (χ3n) is 5.62. The SMILES string of the molecule is CCCCCCCCCCC(C)(C)C(=O)OCC1(CO)CC(=C(C)C)C(=O)O1. The molecular formula is C23H40O5. The van der Waals surface area contributed by atoms with E-state index in [1.165, 1.54) is 38.5 Å². The maximum absolute atomic E-state index is 12.6. The Kier molecular flexibility index (Phi) is 10.2. The van der Waals surface area contributed by atoms with Gasteiger partial charge < -0.3 is 14.6 Å². The Hall–Kier alpha value is -1.36. The van der Waals surface area contributed by atoms with Crippen molar-refractivity contribution in [1.29, 1.82) is 0 Å². The highest BCUT2D eigenvalue weighted by molar-refractivity contribution is 5.92. The fourth-order valence-electron chi connectivity index (χ4n) is 3.48. The van der Waals surface area contributed by atoms with E-state index in [-0.39, 0.29) is 25.6 Å². The molecule has 0 aromatic heterocycles. The standard InChI is InChI=1S/C23H40O5/c1-6-7-8-9-10-11-12-13-14-22(4,5)21(26)27-17-23(16-24)15-19(18(2)3)20(25)28-23/h24H,6-17H2,1-5H3. The van der Waals surface area contributed by atoms with Gasteiger partial charge in [-0.15, -0.1) is 0 Å². The van der Waals surface area contributed by atoms with Gasteiger partial charge in [0.15, 0.2) is 5.60 Å².